The van der Waals surface area contributed by atoms with Gasteiger partial charge in [-0.2, -0.15) is 0 Å². The summed E-state index contributed by atoms with van der Waals surface area (Å²) in [4.78, 5) is 30.4. The average Bonchev–Trinajstić information content (AvgIpc) is 3.14. The molecule has 1 aromatic carbocycles. The monoisotopic (exact) mass is 342 g/mol. The number of ether oxygens (including phenoxy) is 2. The molecule has 0 radical (unpaired) electrons. The van der Waals surface area contributed by atoms with Crippen LogP contribution in [0.5, 0.6) is 0 Å². The molecule has 3 rings (SSSR count). The lowest BCUT2D eigenvalue weighted by atomic mass is 10.2. The van der Waals surface area contributed by atoms with Gasteiger partial charge in [0.1, 0.15) is 11.6 Å². The zero-order valence-corrected chi connectivity index (χ0v) is 14.7. The van der Waals surface area contributed by atoms with Crippen LogP contribution in [-0.4, -0.2) is 41.0 Å². The SMILES string of the molecule is CC(C)(C)OC(=O)N1CCC[C@@H]1C1=N/C(=C\c2ccccc2)C(=O)O1. The molecule has 1 amide bonds. The minimum absolute atomic E-state index is 0.247. The van der Waals surface area contributed by atoms with E-state index in [2.05, 4.69) is 4.99 Å². The van der Waals surface area contributed by atoms with E-state index in [9.17, 15) is 9.59 Å². The minimum Gasteiger partial charge on any atom is -0.444 e. The molecule has 1 saturated heterocycles. The first kappa shape index (κ1) is 17.2. The zero-order chi connectivity index (χ0) is 18.0. The van der Waals surface area contributed by atoms with Gasteiger partial charge in [-0.15, -0.1) is 0 Å². The number of hydrogen-bond donors (Lipinski definition) is 0. The van der Waals surface area contributed by atoms with Crippen LogP contribution in [0.15, 0.2) is 41.0 Å². The fraction of sp³-hybridized carbons (Fsp3) is 0.421. The Bertz CT molecular complexity index is 732. The van der Waals surface area contributed by atoms with E-state index in [1.807, 2.05) is 51.1 Å². The second-order valence-corrected chi connectivity index (χ2v) is 7.11. The number of esters is 1. The largest absolute Gasteiger partial charge is 0.444 e. The molecule has 0 spiro atoms. The zero-order valence-electron chi connectivity index (χ0n) is 14.7. The van der Waals surface area contributed by atoms with Crippen molar-refractivity contribution in [3.05, 3.63) is 41.6 Å². The van der Waals surface area contributed by atoms with E-state index in [1.165, 1.54) is 0 Å². The van der Waals surface area contributed by atoms with Crippen LogP contribution in [-0.2, 0) is 14.3 Å². The van der Waals surface area contributed by atoms with Crippen molar-refractivity contribution in [2.24, 2.45) is 4.99 Å². The van der Waals surface area contributed by atoms with Crippen LogP contribution >= 0.6 is 0 Å². The number of benzene rings is 1. The maximum absolute atomic E-state index is 12.4. The highest BCUT2D eigenvalue weighted by Crippen LogP contribution is 2.26. The van der Waals surface area contributed by atoms with Gasteiger partial charge in [-0.25, -0.2) is 14.6 Å². The fourth-order valence-corrected chi connectivity index (χ4v) is 2.84. The third kappa shape index (κ3) is 4.07. The highest BCUT2D eigenvalue weighted by Gasteiger charge is 2.39. The predicted molar refractivity (Wildman–Crippen MR) is 93.9 cm³/mol. The molecule has 2 aliphatic rings. The van der Waals surface area contributed by atoms with E-state index < -0.39 is 17.7 Å². The van der Waals surface area contributed by atoms with Crippen LogP contribution in [0, 0.1) is 0 Å². The summed E-state index contributed by atoms with van der Waals surface area (Å²) in [7, 11) is 0. The number of hydrogen-bond acceptors (Lipinski definition) is 5. The first-order chi connectivity index (χ1) is 11.8. The lowest BCUT2D eigenvalue weighted by Crippen LogP contribution is -2.43. The Morgan fingerprint density at radius 3 is 2.72 bits per heavy atom. The number of cyclic esters (lactones) is 1. The summed E-state index contributed by atoms with van der Waals surface area (Å²) in [6.45, 7) is 6.03. The molecule has 1 atom stereocenters. The van der Waals surface area contributed by atoms with Crippen molar-refractivity contribution >= 4 is 24.0 Å². The van der Waals surface area contributed by atoms with Gasteiger partial charge in [0.05, 0.1) is 0 Å². The summed E-state index contributed by atoms with van der Waals surface area (Å²) in [5.74, 6) is -0.217. The van der Waals surface area contributed by atoms with Crippen LogP contribution < -0.4 is 0 Å². The molecule has 0 aliphatic carbocycles. The molecule has 2 aliphatic heterocycles. The number of nitrogens with zero attached hydrogens (tertiary/aromatic N) is 2. The molecule has 0 saturated carbocycles. The van der Waals surface area contributed by atoms with Crippen molar-refractivity contribution in [2.45, 2.75) is 45.3 Å². The van der Waals surface area contributed by atoms with E-state index in [1.54, 1.807) is 11.0 Å². The second-order valence-electron chi connectivity index (χ2n) is 7.11. The fourth-order valence-electron chi connectivity index (χ4n) is 2.84. The number of aliphatic imine (C=N–C) groups is 1. The molecule has 0 aromatic heterocycles. The van der Waals surface area contributed by atoms with Gasteiger partial charge in [0, 0.05) is 6.54 Å². The van der Waals surface area contributed by atoms with Gasteiger partial charge >= 0.3 is 12.1 Å². The normalized spacial score (nSPS) is 22.1. The van der Waals surface area contributed by atoms with E-state index in [0.29, 0.717) is 13.0 Å². The van der Waals surface area contributed by atoms with Crippen molar-refractivity contribution in [1.29, 1.82) is 0 Å². The number of amides is 1. The highest BCUT2D eigenvalue weighted by atomic mass is 16.6. The molecule has 2 heterocycles. The lowest BCUT2D eigenvalue weighted by molar-refractivity contribution is -0.130. The topological polar surface area (TPSA) is 68.2 Å². The molecule has 1 aromatic rings. The van der Waals surface area contributed by atoms with E-state index in [-0.39, 0.29) is 17.6 Å². The van der Waals surface area contributed by atoms with Gasteiger partial charge < -0.3 is 9.47 Å². The third-order valence-electron chi connectivity index (χ3n) is 3.91. The van der Waals surface area contributed by atoms with Crippen LogP contribution in [0.2, 0.25) is 0 Å². The number of carbonyl (C=O) groups excluding carboxylic acids is 2. The number of carbonyl (C=O) groups is 2. The highest BCUT2D eigenvalue weighted by molar-refractivity contribution is 6.09. The van der Waals surface area contributed by atoms with E-state index in [4.69, 9.17) is 9.47 Å². The molecular formula is C19H22N2O4. The maximum atomic E-state index is 12.4. The van der Waals surface area contributed by atoms with Crippen molar-refractivity contribution in [2.75, 3.05) is 6.54 Å². The summed E-state index contributed by atoms with van der Waals surface area (Å²) in [5.41, 5.74) is 0.545. The van der Waals surface area contributed by atoms with Crippen molar-refractivity contribution < 1.29 is 19.1 Å². The predicted octanol–water partition coefficient (Wildman–Crippen LogP) is 3.38. The Kier molecular flexibility index (Phi) is 4.61. The third-order valence-corrected chi connectivity index (χ3v) is 3.91. The average molecular weight is 342 g/mol. The summed E-state index contributed by atoms with van der Waals surface area (Å²) < 4.78 is 10.8. The molecule has 1 fully saturated rings. The van der Waals surface area contributed by atoms with E-state index >= 15 is 0 Å². The number of rotatable bonds is 2. The quantitative estimate of drug-likeness (QED) is 0.610. The van der Waals surface area contributed by atoms with E-state index in [0.717, 1.165) is 12.0 Å². The number of likely N-dealkylation sites (tertiary alicyclic amines) is 1. The lowest BCUT2D eigenvalue weighted by Gasteiger charge is -2.27. The smallest absolute Gasteiger partial charge is 0.410 e. The summed E-state index contributed by atoms with van der Waals surface area (Å²) in [6, 6.07) is 9.09. The summed E-state index contributed by atoms with van der Waals surface area (Å²) >= 11 is 0. The van der Waals surface area contributed by atoms with Gasteiger partial charge in [-0.3, -0.25) is 4.90 Å². The Morgan fingerprint density at radius 1 is 1.32 bits per heavy atom. The van der Waals surface area contributed by atoms with Crippen molar-refractivity contribution in [1.82, 2.24) is 4.90 Å². The molecule has 0 unspecified atom stereocenters. The molecule has 25 heavy (non-hydrogen) atoms. The molecular weight excluding hydrogens is 320 g/mol. The van der Waals surface area contributed by atoms with Crippen molar-refractivity contribution in [3.63, 3.8) is 0 Å². The standard InChI is InChI=1S/C19H22N2O4/c1-19(2,3)25-18(23)21-11-7-10-15(21)16-20-14(17(22)24-16)12-13-8-5-4-6-9-13/h4-6,8-9,12,15H,7,10-11H2,1-3H3/b14-12-/t15-/m1/s1. The molecule has 132 valence electrons. The Labute approximate surface area is 147 Å². The Hall–Kier alpha value is -2.63. The van der Waals surface area contributed by atoms with Crippen LogP contribution in [0.4, 0.5) is 4.79 Å². The molecule has 0 N–H and O–H groups in total. The molecule has 6 heteroatoms. The second kappa shape index (κ2) is 6.70. The summed E-state index contributed by atoms with van der Waals surface area (Å²) in [6.07, 6.45) is 2.79. The van der Waals surface area contributed by atoms with Gasteiger partial charge in [-0.05, 0) is 45.3 Å². The van der Waals surface area contributed by atoms with Crippen molar-refractivity contribution in [3.8, 4) is 0 Å². The Morgan fingerprint density at radius 2 is 2.04 bits per heavy atom. The Balaban J connectivity index is 1.79. The summed E-state index contributed by atoms with van der Waals surface area (Å²) in [5, 5.41) is 0. The van der Waals surface area contributed by atoms with Gasteiger partial charge in [0.25, 0.3) is 0 Å². The molecule has 0 bridgehead atoms. The first-order valence-electron chi connectivity index (χ1n) is 8.40. The van der Waals surface area contributed by atoms with Crippen LogP contribution in [0.25, 0.3) is 6.08 Å². The maximum Gasteiger partial charge on any atom is 0.410 e. The van der Waals surface area contributed by atoms with Gasteiger partial charge in [0.15, 0.2) is 5.70 Å². The molecule has 6 nitrogen and oxygen atoms in total. The van der Waals surface area contributed by atoms with Gasteiger partial charge in [-0.1, -0.05) is 30.3 Å². The van der Waals surface area contributed by atoms with Crippen LogP contribution in [0.3, 0.4) is 0 Å². The van der Waals surface area contributed by atoms with Gasteiger partial charge in [0.2, 0.25) is 5.90 Å². The first-order valence-corrected chi connectivity index (χ1v) is 8.40. The minimum atomic E-state index is -0.573. The van der Waals surface area contributed by atoms with Crippen LogP contribution in [0.1, 0.15) is 39.2 Å².